The maximum absolute atomic E-state index is 12.8. The molecule has 0 heterocycles. The molecule has 0 radical (unpaired) electrons. The Hall–Kier alpha value is -1.14. The minimum Gasteiger partial charge on any atom is -0.204 e. The molecule has 0 aliphatic rings. The minimum absolute atomic E-state index is 0.534. The second-order valence-electron chi connectivity index (χ2n) is 4.13. The van der Waals surface area contributed by atoms with Crippen LogP contribution >= 0.6 is 0 Å². The van der Waals surface area contributed by atoms with Crippen LogP contribution in [0.15, 0.2) is 18.2 Å². The average molecular weight is 210 g/mol. The summed E-state index contributed by atoms with van der Waals surface area (Å²) in [6.07, 6.45) is 0. The Balaban J connectivity index is 2.98. The van der Waals surface area contributed by atoms with Gasteiger partial charge in [0, 0.05) is 5.56 Å². The molecule has 0 saturated carbocycles. The SMILES string of the molecule is C[Si](C)(C)C#Cc1ccc(F)c(F)c1. The zero-order valence-corrected chi connectivity index (χ0v) is 9.49. The van der Waals surface area contributed by atoms with Crippen molar-refractivity contribution in [3.8, 4) is 11.5 Å². The van der Waals surface area contributed by atoms with E-state index in [0.717, 1.165) is 12.1 Å². The molecule has 74 valence electrons. The van der Waals surface area contributed by atoms with E-state index in [1.54, 1.807) is 0 Å². The van der Waals surface area contributed by atoms with E-state index in [0.29, 0.717) is 5.56 Å². The summed E-state index contributed by atoms with van der Waals surface area (Å²) in [5.74, 6) is 1.19. The molecular formula is C11H12F2Si. The first-order valence-electron chi connectivity index (χ1n) is 4.37. The van der Waals surface area contributed by atoms with Crippen molar-refractivity contribution >= 4 is 8.07 Å². The van der Waals surface area contributed by atoms with Crippen molar-refractivity contribution in [3.05, 3.63) is 35.4 Å². The summed E-state index contributed by atoms with van der Waals surface area (Å²) in [5.41, 5.74) is 3.62. The van der Waals surface area contributed by atoms with Crippen LogP contribution in [0.2, 0.25) is 19.6 Å². The summed E-state index contributed by atoms with van der Waals surface area (Å²) >= 11 is 0. The highest BCUT2D eigenvalue weighted by molar-refractivity contribution is 6.83. The maximum atomic E-state index is 12.8. The Morgan fingerprint density at radius 2 is 1.71 bits per heavy atom. The molecule has 1 aromatic carbocycles. The third kappa shape index (κ3) is 3.31. The van der Waals surface area contributed by atoms with Crippen LogP contribution in [0.4, 0.5) is 8.78 Å². The maximum Gasteiger partial charge on any atom is 0.160 e. The van der Waals surface area contributed by atoms with Crippen LogP contribution in [-0.4, -0.2) is 8.07 Å². The molecule has 14 heavy (non-hydrogen) atoms. The van der Waals surface area contributed by atoms with Gasteiger partial charge in [0.1, 0.15) is 8.07 Å². The van der Waals surface area contributed by atoms with E-state index in [1.165, 1.54) is 6.07 Å². The number of hydrogen-bond donors (Lipinski definition) is 0. The summed E-state index contributed by atoms with van der Waals surface area (Å²) in [4.78, 5) is 0. The number of rotatable bonds is 0. The van der Waals surface area contributed by atoms with Crippen LogP contribution in [0.25, 0.3) is 0 Å². The lowest BCUT2D eigenvalue weighted by Crippen LogP contribution is -2.16. The third-order valence-electron chi connectivity index (χ3n) is 1.50. The average Bonchev–Trinajstić information content (AvgIpc) is 2.06. The zero-order valence-electron chi connectivity index (χ0n) is 8.49. The monoisotopic (exact) mass is 210 g/mol. The van der Waals surface area contributed by atoms with Gasteiger partial charge in [-0.3, -0.25) is 0 Å². The van der Waals surface area contributed by atoms with Gasteiger partial charge in [-0.15, -0.1) is 5.54 Å². The lowest BCUT2D eigenvalue weighted by molar-refractivity contribution is 0.508. The summed E-state index contributed by atoms with van der Waals surface area (Å²) < 4.78 is 25.3. The second kappa shape index (κ2) is 3.93. The molecule has 3 heteroatoms. The Bertz CT molecular complexity index is 394. The highest BCUT2D eigenvalue weighted by Gasteiger charge is 2.07. The Morgan fingerprint density at radius 1 is 1.07 bits per heavy atom. The molecule has 0 aliphatic heterocycles. The molecule has 0 saturated heterocycles. The van der Waals surface area contributed by atoms with Gasteiger partial charge in [0.25, 0.3) is 0 Å². The first kappa shape index (κ1) is 10.9. The molecule has 0 aliphatic carbocycles. The van der Waals surface area contributed by atoms with Gasteiger partial charge in [-0.25, -0.2) is 8.78 Å². The van der Waals surface area contributed by atoms with Crippen molar-refractivity contribution in [3.63, 3.8) is 0 Å². The fourth-order valence-electron chi connectivity index (χ4n) is 0.834. The summed E-state index contributed by atoms with van der Waals surface area (Å²) in [6, 6.07) is 3.72. The molecule has 0 fully saturated rings. The van der Waals surface area contributed by atoms with E-state index in [4.69, 9.17) is 0 Å². The molecule has 0 atom stereocenters. The molecule has 0 aromatic heterocycles. The van der Waals surface area contributed by atoms with Crippen molar-refractivity contribution in [2.45, 2.75) is 19.6 Å². The van der Waals surface area contributed by atoms with Gasteiger partial charge in [0.15, 0.2) is 11.6 Å². The lowest BCUT2D eigenvalue weighted by atomic mass is 10.2. The molecule has 0 spiro atoms. The van der Waals surface area contributed by atoms with Crippen molar-refractivity contribution in [1.82, 2.24) is 0 Å². The van der Waals surface area contributed by atoms with Gasteiger partial charge >= 0.3 is 0 Å². The fraction of sp³-hybridized carbons (Fsp3) is 0.273. The molecular weight excluding hydrogens is 198 g/mol. The molecule has 0 nitrogen and oxygen atoms in total. The Labute approximate surface area is 84.0 Å². The van der Waals surface area contributed by atoms with Gasteiger partial charge in [-0.1, -0.05) is 25.6 Å². The fourth-order valence-corrected chi connectivity index (χ4v) is 1.35. The van der Waals surface area contributed by atoms with Gasteiger partial charge in [-0.2, -0.15) is 0 Å². The van der Waals surface area contributed by atoms with Crippen molar-refractivity contribution < 1.29 is 8.78 Å². The zero-order chi connectivity index (χ0) is 10.8. The number of halogens is 2. The van der Waals surface area contributed by atoms with Crippen LogP contribution in [-0.2, 0) is 0 Å². The molecule has 0 unspecified atom stereocenters. The van der Waals surface area contributed by atoms with Gasteiger partial charge < -0.3 is 0 Å². The van der Waals surface area contributed by atoms with E-state index in [9.17, 15) is 8.78 Å². The van der Waals surface area contributed by atoms with E-state index < -0.39 is 19.7 Å². The third-order valence-corrected chi connectivity index (χ3v) is 2.38. The minimum atomic E-state index is -1.45. The standard InChI is InChI=1S/C11H12F2Si/c1-14(2,3)7-6-9-4-5-10(12)11(13)8-9/h4-5,8H,1-3H3. The second-order valence-corrected chi connectivity index (χ2v) is 8.88. The highest BCUT2D eigenvalue weighted by Crippen LogP contribution is 2.08. The van der Waals surface area contributed by atoms with Gasteiger partial charge in [0.05, 0.1) is 0 Å². The molecule has 1 aromatic rings. The molecule has 1 rings (SSSR count). The summed E-state index contributed by atoms with van der Waals surface area (Å²) in [5, 5.41) is 0. The Kier molecular flexibility index (Phi) is 3.07. The molecule has 0 amide bonds. The highest BCUT2D eigenvalue weighted by atomic mass is 28.3. The van der Waals surface area contributed by atoms with Crippen molar-refractivity contribution in [2.24, 2.45) is 0 Å². The first-order valence-corrected chi connectivity index (χ1v) is 7.87. The predicted molar refractivity (Wildman–Crippen MR) is 56.6 cm³/mol. The van der Waals surface area contributed by atoms with E-state index in [2.05, 4.69) is 31.1 Å². The first-order chi connectivity index (χ1) is 6.38. The summed E-state index contributed by atoms with van der Waals surface area (Å²) in [6.45, 7) is 6.29. The molecule has 0 N–H and O–H groups in total. The van der Waals surface area contributed by atoms with E-state index in [1.807, 2.05) is 0 Å². The van der Waals surface area contributed by atoms with Crippen LogP contribution in [0, 0.1) is 23.1 Å². The number of hydrogen-bond acceptors (Lipinski definition) is 0. The largest absolute Gasteiger partial charge is 0.204 e. The topological polar surface area (TPSA) is 0 Å². The van der Waals surface area contributed by atoms with Crippen molar-refractivity contribution in [1.29, 1.82) is 0 Å². The van der Waals surface area contributed by atoms with Crippen molar-refractivity contribution in [2.75, 3.05) is 0 Å². The lowest BCUT2D eigenvalue weighted by Gasteiger charge is -2.03. The van der Waals surface area contributed by atoms with Gasteiger partial charge in [0.2, 0.25) is 0 Å². The molecule has 0 bridgehead atoms. The van der Waals surface area contributed by atoms with E-state index >= 15 is 0 Å². The van der Waals surface area contributed by atoms with Crippen LogP contribution in [0.3, 0.4) is 0 Å². The van der Waals surface area contributed by atoms with Crippen LogP contribution in [0.5, 0.6) is 0 Å². The smallest absolute Gasteiger partial charge is 0.160 e. The quantitative estimate of drug-likeness (QED) is 0.455. The Morgan fingerprint density at radius 3 is 2.21 bits per heavy atom. The van der Waals surface area contributed by atoms with Crippen LogP contribution in [0.1, 0.15) is 5.56 Å². The predicted octanol–water partition coefficient (Wildman–Crippen LogP) is 3.19. The number of benzene rings is 1. The van der Waals surface area contributed by atoms with E-state index in [-0.39, 0.29) is 0 Å². The summed E-state index contributed by atoms with van der Waals surface area (Å²) in [7, 11) is -1.45. The van der Waals surface area contributed by atoms with Gasteiger partial charge in [-0.05, 0) is 18.2 Å². The van der Waals surface area contributed by atoms with Crippen LogP contribution < -0.4 is 0 Å². The normalized spacial score (nSPS) is 10.6.